The zero-order chi connectivity index (χ0) is 30.5. The highest BCUT2D eigenvalue weighted by Crippen LogP contribution is 2.39. The number of ether oxygens (including phenoxy) is 1. The fourth-order valence-corrected chi connectivity index (χ4v) is 7.03. The SMILES string of the molecule is COc1ccc(C2CCC(CN(C(=O)C3CCC(NC(C)=O)CC3)c3cccc(-c4cnn(C(C)C)c4)c3)CC2)cc1C. The number of carbonyl (C=O) groups is 2. The minimum Gasteiger partial charge on any atom is -0.496 e. The number of aryl methyl sites for hydroxylation is 1. The van der Waals surface area contributed by atoms with Gasteiger partial charge in [0.2, 0.25) is 11.8 Å². The van der Waals surface area contributed by atoms with Crippen LogP contribution in [0, 0.1) is 18.8 Å². The number of benzene rings is 2. The highest BCUT2D eigenvalue weighted by atomic mass is 16.5. The number of nitrogens with one attached hydrogen (secondary N) is 1. The van der Waals surface area contributed by atoms with Crippen molar-refractivity contribution in [2.75, 3.05) is 18.6 Å². The number of carbonyl (C=O) groups excluding carboxylic acids is 2. The Morgan fingerprint density at radius 1 is 1.00 bits per heavy atom. The van der Waals surface area contributed by atoms with Gasteiger partial charge in [0.25, 0.3) is 0 Å². The molecular weight excluding hydrogens is 536 g/mol. The van der Waals surface area contributed by atoms with Crippen LogP contribution in [0.4, 0.5) is 5.69 Å². The van der Waals surface area contributed by atoms with Gasteiger partial charge in [-0.15, -0.1) is 0 Å². The number of nitrogens with zero attached hydrogens (tertiary/aromatic N) is 3. The maximum atomic E-state index is 14.2. The minimum absolute atomic E-state index is 0.00871. The van der Waals surface area contributed by atoms with Crippen LogP contribution in [0.5, 0.6) is 5.75 Å². The van der Waals surface area contributed by atoms with Crippen molar-refractivity contribution in [3.05, 3.63) is 66.0 Å². The van der Waals surface area contributed by atoms with Gasteiger partial charge in [-0.2, -0.15) is 5.10 Å². The predicted molar refractivity (Wildman–Crippen MR) is 172 cm³/mol. The minimum atomic E-state index is -0.0176. The highest BCUT2D eigenvalue weighted by Gasteiger charge is 2.33. The number of hydrogen-bond donors (Lipinski definition) is 1. The Balaban J connectivity index is 1.33. The second-order valence-electron chi connectivity index (χ2n) is 13.0. The lowest BCUT2D eigenvalue weighted by atomic mass is 9.78. The van der Waals surface area contributed by atoms with Gasteiger partial charge in [0.15, 0.2) is 0 Å². The summed E-state index contributed by atoms with van der Waals surface area (Å²) >= 11 is 0. The summed E-state index contributed by atoms with van der Waals surface area (Å²) in [5.41, 5.74) is 5.70. The lowest BCUT2D eigenvalue weighted by Crippen LogP contribution is -2.43. The summed E-state index contributed by atoms with van der Waals surface area (Å²) in [6.07, 6.45) is 11.8. The quantitative estimate of drug-likeness (QED) is 0.283. The molecule has 0 atom stereocenters. The summed E-state index contributed by atoms with van der Waals surface area (Å²) in [5.74, 6) is 2.17. The first-order chi connectivity index (χ1) is 20.7. The molecule has 1 N–H and O–H groups in total. The molecule has 2 aliphatic rings. The van der Waals surface area contributed by atoms with Gasteiger partial charge in [0.1, 0.15) is 5.75 Å². The highest BCUT2D eigenvalue weighted by molar-refractivity contribution is 5.95. The first-order valence-corrected chi connectivity index (χ1v) is 16.1. The van der Waals surface area contributed by atoms with E-state index in [1.54, 1.807) is 14.0 Å². The first-order valence-electron chi connectivity index (χ1n) is 16.1. The van der Waals surface area contributed by atoms with E-state index in [0.29, 0.717) is 17.9 Å². The van der Waals surface area contributed by atoms with E-state index in [1.807, 2.05) is 10.9 Å². The van der Waals surface area contributed by atoms with Crippen molar-refractivity contribution in [1.29, 1.82) is 0 Å². The monoisotopic (exact) mass is 584 g/mol. The van der Waals surface area contributed by atoms with E-state index in [1.165, 1.54) is 11.1 Å². The third kappa shape index (κ3) is 7.49. The van der Waals surface area contributed by atoms with Crippen LogP contribution in [0.1, 0.15) is 95.2 Å². The summed E-state index contributed by atoms with van der Waals surface area (Å²) in [6.45, 7) is 8.68. The molecule has 7 nitrogen and oxygen atoms in total. The Morgan fingerprint density at radius 3 is 2.37 bits per heavy atom. The molecule has 0 bridgehead atoms. The number of methoxy groups -OCH3 is 1. The summed E-state index contributed by atoms with van der Waals surface area (Å²) < 4.78 is 7.45. The third-order valence-corrected chi connectivity index (χ3v) is 9.55. The predicted octanol–water partition coefficient (Wildman–Crippen LogP) is 7.45. The number of anilines is 1. The molecule has 0 radical (unpaired) electrons. The molecule has 43 heavy (non-hydrogen) atoms. The molecule has 7 heteroatoms. The molecule has 2 aromatic carbocycles. The molecule has 0 unspecified atom stereocenters. The summed E-state index contributed by atoms with van der Waals surface area (Å²) in [6, 6.07) is 15.5. The van der Waals surface area contributed by atoms with Crippen molar-refractivity contribution in [3.63, 3.8) is 0 Å². The average Bonchev–Trinajstić information content (AvgIpc) is 3.51. The van der Waals surface area contributed by atoms with Crippen molar-refractivity contribution < 1.29 is 14.3 Å². The molecule has 2 amide bonds. The second-order valence-corrected chi connectivity index (χ2v) is 13.0. The van der Waals surface area contributed by atoms with Crippen molar-refractivity contribution in [3.8, 4) is 16.9 Å². The Hall–Kier alpha value is -3.61. The number of rotatable bonds is 9. The molecular formula is C36H48N4O3. The molecule has 230 valence electrons. The van der Waals surface area contributed by atoms with Crippen LogP contribution in [0.25, 0.3) is 11.1 Å². The third-order valence-electron chi connectivity index (χ3n) is 9.55. The van der Waals surface area contributed by atoms with E-state index in [-0.39, 0.29) is 23.8 Å². The molecule has 1 aromatic heterocycles. The number of hydrogen-bond acceptors (Lipinski definition) is 4. The van der Waals surface area contributed by atoms with E-state index in [0.717, 1.165) is 80.5 Å². The summed E-state index contributed by atoms with van der Waals surface area (Å²) in [7, 11) is 1.73. The maximum absolute atomic E-state index is 14.2. The van der Waals surface area contributed by atoms with Crippen molar-refractivity contribution in [1.82, 2.24) is 15.1 Å². The van der Waals surface area contributed by atoms with Gasteiger partial charge in [-0.25, -0.2) is 0 Å². The van der Waals surface area contributed by atoms with Gasteiger partial charge in [0, 0.05) is 48.9 Å². The summed E-state index contributed by atoms with van der Waals surface area (Å²) in [5, 5.41) is 7.59. The van der Waals surface area contributed by atoms with Crippen LogP contribution in [0.15, 0.2) is 54.9 Å². The van der Waals surface area contributed by atoms with E-state index in [9.17, 15) is 9.59 Å². The second kappa shape index (κ2) is 13.8. The van der Waals surface area contributed by atoms with Gasteiger partial charge in [-0.3, -0.25) is 14.3 Å². The average molecular weight is 585 g/mol. The summed E-state index contributed by atoms with van der Waals surface area (Å²) in [4.78, 5) is 27.9. The molecule has 2 saturated carbocycles. The van der Waals surface area contributed by atoms with Gasteiger partial charge >= 0.3 is 0 Å². The van der Waals surface area contributed by atoms with Gasteiger partial charge in [-0.05, 0) is 119 Å². The Kier molecular flexibility index (Phi) is 9.89. The van der Waals surface area contributed by atoms with Crippen LogP contribution in [-0.4, -0.2) is 41.3 Å². The van der Waals surface area contributed by atoms with Crippen LogP contribution in [0.2, 0.25) is 0 Å². The fraction of sp³-hybridized carbons (Fsp3) is 0.528. The van der Waals surface area contributed by atoms with Crippen LogP contribution >= 0.6 is 0 Å². The van der Waals surface area contributed by atoms with E-state index < -0.39 is 0 Å². The lowest BCUT2D eigenvalue weighted by molar-refractivity contribution is -0.123. The first kappa shape index (κ1) is 30.8. The molecule has 1 heterocycles. The van der Waals surface area contributed by atoms with Crippen molar-refractivity contribution in [2.45, 2.75) is 97.1 Å². The van der Waals surface area contributed by atoms with E-state index in [2.05, 4.69) is 84.7 Å². The number of aromatic nitrogens is 2. The molecule has 0 saturated heterocycles. The van der Waals surface area contributed by atoms with Crippen LogP contribution in [-0.2, 0) is 9.59 Å². The zero-order valence-electron chi connectivity index (χ0n) is 26.5. The molecule has 0 aliphatic heterocycles. The molecule has 2 aliphatic carbocycles. The largest absolute Gasteiger partial charge is 0.496 e. The number of amides is 2. The molecule has 5 rings (SSSR count). The van der Waals surface area contributed by atoms with E-state index in [4.69, 9.17) is 4.74 Å². The van der Waals surface area contributed by atoms with Gasteiger partial charge in [-0.1, -0.05) is 24.3 Å². The lowest BCUT2D eigenvalue weighted by Gasteiger charge is -2.36. The molecule has 0 spiro atoms. The fourth-order valence-electron chi connectivity index (χ4n) is 7.03. The van der Waals surface area contributed by atoms with Gasteiger partial charge in [0.05, 0.1) is 13.3 Å². The zero-order valence-corrected chi connectivity index (χ0v) is 26.5. The topological polar surface area (TPSA) is 76.5 Å². The maximum Gasteiger partial charge on any atom is 0.230 e. The normalized spacial score (nSPS) is 22.3. The van der Waals surface area contributed by atoms with Crippen LogP contribution in [0.3, 0.4) is 0 Å². The Morgan fingerprint density at radius 2 is 1.74 bits per heavy atom. The smallest absolute Gasteiger partial charge is 0.230 e. The van der Waals surface area contributed by atoms with Crippen molar-refractivity contribution >= 4 is 17.5 Å². The Bertz CT molecular complexity index is 1400. The van der Waals surface area contributed by atoms with Crippen molar-refractivity contribution in [2.24, 2.45) is 11.8 Å². The van der Waals surface area contributed by atoms with E-state index >= 15 is 0 Å². The molecule has 3 aromatic rings. The standard InChI is InChI=1S/C36H48N4O3/c1-24(2)40-23-32(21-37-40)30-7-6-8-34(20-30)39(36(42)29-13-16-33(17-14-29)38-26(4)41)22-27-9-11-28(12-10-27)31-15-18-35(43-5)25(3)19-31/h6-8,15,18-21,23-24,27-29,33H,9-14,16-17,22H2,1-5H3,(H,38,41). The van der Waals surface area contributed by atoms with Gasteiger partial charge < -0.3 is 15.0 Å². The van der Waals surface area contributed by atoms with Crippen LogP contribution < -0.4 is 15.0 Å². The Labute approximate surface area is 257 Å². The molecule has 2 fully saturated rings.